The Kier molecular flexibility index (Phi) is 4.39. The van der Waals surface area contributed by atoms with Crippen molar-refractivity contribution in [3.63, 3.8) is 0 Å². The van der Waals surface area contributed by atoms with E-state index in [0.29, 0.717) is 13.1 Å². The molecular weight excluding hydrogens is 288 g/mol. The second-order valence-corrected chi connectivity index (χ2v) is 7.25. The molecule has 2 N–H and O–H groups in total. The molecule has 0 aromatic heterocycles. The van der Waals surface area contributed by atoms with Crippen LogP contribution in [0.2, 0.25) is 0 Å². The zero-order valence-electron chi connectivity index (χ0n) is 12.5. The molecule has 1 aliphatic rings. The number of rotatable bonds is 4. The maximum atomic E-state index is 12.6. The van der Waals surface area contributed by atoms with Gasteiger partial charge in [-0.2, -0.15) is 0 Å². The summed E-state index contributed by atoms with van der Waals surface area (Å²) < 4.78 is 23.2. The summed E-state index contributed by atoms with van der Waals surface area (Å²) in [5.41, 5.74) is 0.328. The van der Waals surface area contributed by atoms with Crippen LogP contribution in [0.25, 0.3) is 0 Å². The summed E-state index contributed by atoms with van der Waals surface area (Å²) in [5.74, 6) is -0.247. The molecule has 1 aromatic carbocycles. The van der Waals surface area contributed by atoms with Crippen molar-refractivity contribution in [1.82, 2.24) is 4.90 Å². The van der Waals surface area contributed by atoms with Crippen LogP contribution in [0.15, 0.2) is 29.2 Å². The molecule has 0 atom stereocenters. The minimum atomic E-state index is -3.90. The number of nitrogens with zero attached hydrogens (tertiary/aromatic N) is 1. The smallest absolute Gasteiger partial charge is 0.255 e. The fourth-order valence-corrected chi connectivity index (χ4v) is 3.73. The molecule has 0 aliphatic carbocycles. The van der Waals surface area contributed by atoms with Gasteiger partial charge >= 0.3 is 0 Å². The van der Waals surface area contributed by atoms with Gasteiger partial charge in [-0.3, -0.25) is 4.79 Å². The maximum Gasteiger partial charge on any atom is 0.255 e. The number of primary sulfonamides is 1. The number of sulfonamides is 1. The van der Waals surface area contributed by atoms with Crippen LogP contribution in [0.5, 0.6) is 0 Å². The van der Waals surface area contributed by atoms with Crippen LogP contribution in [0, 0.1) is 5.41 Å². The van der Waals surface area contributed by atoms with Crippen LogP contribution < -0.4 is 5.14 Å². The summed E-state index contributed by atoms with van der Waals surface area (Å²) in [6.07, 6.45) is 3.00. The largest absolute Gasteiger partial charge is 0.338 e. The van der Waals surface area contributed by atoms with Crippen molar-refractivity contribution in [2.24, 2.45) is 10.6 Å². The molecule has 1 heterocycles. The van der Waals surface area contributed by atoms with E-state index < -0.39 is 10.0 Å². The van der Waals surface area contributed by atoms with E-state index in [1.54, 1.807) is 17.0 Å². The summed E-state index contributed by atoms with van der Waals surface area (Å²) in [5, 5.41) is 5.20. The van der Waals surface area contributed by atoms with Crippen molar-refractivity contribution in [3.8, 4) is 0 Å². The predicted molar refractivity (Wildman–Crippen MR) is 81.4 cm³/mol. The van der Waals surface area contributed by atoms with Gasteiger partial charge in [-0.1, -0.05) is 26.0 Å². The fraction of sp³-hybridized carbons (Fsp3) is 0.533. The number of carbonyl (C=O) groups is 1. The van der Waals surface area contributed by atoms with Crippen LogP contribution in [0.4, 0.5) is 0 Å². The number of carbonyl (C=O) groups excluding carboxylic acids is 1. The van der Waals surface area contributed by atoms with Crippen molar-refractivity contribution in [1.29, 1.82) is 0 Å². The first-order valence-corrected chi connectivity index (χ1v) is 8.79. The zero-order chi connectivity index (χ0) is 15.7. The Labute approximate surface area is 126 Å². The molecule has 0 radical (unpaired) electrons. The maximum absolute atomic E-state index is 12.6. The van der Waals surface area contributed by atoms with E-state index >= 15 is 0 Å². The van der Waals surface area contributed by atoms with E-state index in [9.17, 15) is 13.2 Å². The lowest BCUT2D eigenvalue weighted by Gasteiger charge is -2.26. The van der Waals surface area contributed by atoms with Crippen molar-refractivity contribution in [3.05, 3.63) is 29.8 Å². The van der Waals surface area contributed by atoms with Gasteiger partial charge in [0.05, 0.1) is 10.5 Å². The Hall–Kier alpha value is -1.40. The van der Waals surface area contributed by atoms with E-state index in [1.165, 1.54) is 12.1 Å². The van der Waals surface area contributed by atoms with Crippen LogP contribution in [-0.2, 0) is 10.0 Å². The molecule has 1 aromatic rings. The number of nitrogens with two attached hydrogens (primary N) is 1. The minimum Gasteiger partial charge on any atom is -0.338 e. The highest BCUT2D eigenvalue weighted by atomic mass is 32.2. The van der Waals surface area contributed by atoms with Crippen molar-refractivity contribution in [2.75, 3.05) is 13.1 Å². The summed E-state index contributed by atoms with van der Waals surface area (Å²) in [6.45, 7) is 5.61. The minimum absolute atomic E-state index is 0.0968. The van der Waals surface area contributed by atoms with Crippen LogP contribution >= 0.6 is 0 Å². The van der Waals surface area contributed by atoms with Gasteiger partial charge in [0.1, 0.15) is 0 Å². The second kappa shape index (κ2) is 5.77. The molecule has 0 bridgehead atoms. The lowest BCUT2D eigenvalue weighted by atomic mass is 9.82. The van der Waals surface area contributed by atoms with Gasteiger partial charge in [0.2, 0.25) is 10.0 Å². The second-order valence-electron chi connectivity index (χ2n) is 5.72. The standard InChI is InChI=1S/C15H22N2O3S/c1-3-15(4-2)9-10-17(11-15)14(18)12-7-5-6-8-13(12)21(16,19)20/h5-8H,3-4,9-11H2,1-2H3,(H2,16,19,20). The lowest BCUT2D eigenvalue weighted by Crippen LogP contribution is -2.33. The molecule has 2 rings (SSSR count). The number of likely N-dealkylation sites (tertiary alicyclic amines) is 1. The summed E-state index contributed by atoms with van der Waals surface area (Å²) in [7, 11) is -3.90. The third-order valence-corrected chi connectivity index (χ3v) is 5.62. The van der Waals surface area contributed by atoms with Crippen molar-refractivity contribution < 1.29 is 13.2 Å². The Bertz CT molecular complexity index is 636. The normalized spacial score (nSPS) is 18.0. The van der Waals surface area contributed by atoms with Crippen molar-refractivity contribution in [2.45, 2.75) is 38.0 Å². The highest BCUT2D eigenvalue weighted by molar-refractivity contribution is 7.89. The highest BCUT2D eigenvalue weighted by Gasteiger charge is 2.38. The first-order valence-electron chi connectivity index (χ1n) is 7.24. The molecule has 0 unspecified atom stereocenters. The summed E-state index contributed by atoms with van der Waals surface area (Å²) in [4.78, 5) is 14.3. The van der Waals surface area contributed by atoms with Gasteiger partial charge in [0, 0.05) is 13.1 Å². The lowest BCUT2D eigenvalue weighted by molar-refractivity contribution is 0.0766. The van der Waals surface area contributed by atoms with Gasteiger partial charge in [-0.15, -0.1) is 0 Å². The Morgan fingerprint density at radius 3 is 2.43 bits per heavy atom. The average Bonchev–Trinajstić information content (AvgIpc) is 2.91. The molecule has 1 aliphatic heterocycles. The molecule has 21 heavy (non-hydrogen) atoms. The molecular formula is C15H22N2O3S. The molecule has 0 spiro atoms. The third kappa shape index (κ3) is 3.11. The fourth-order valence-electron chi connectivity index (χ4n) is 3.00. The molecule has 5 nitrogen and oxygen atoms in total. The van der Waals surface area contributed by atoms with Gasteiger partial charge in [0.25, 0.3) is 5.91 Å². The van der Waals surface area contributed by atoms with Gasteiger partial charge in [-0.25, -0.2) is 13.6 Å². The molecule has 1 saturated heterocycles. The van der Waals surface area contributed by atoms with Crippen molar-refractivity contribution >= 4 is 15.9 Å². The Morgan fingerprint density at radius 2 is 1.90 bits per heavy atom. The summed E-state index contributed by atoms with van der Waals surface area (Å²) >= 11 is 0. The van der Waals surface area contributed by atoms with Gasteiger partial charge in [-0.05, 0) is 36.8 Å². The van der Waals surface area contributed by atoms with E-state index in [4.69, 9.17) is 5.14 Å². The topological polar surface area (TPSA) is 80.5 Å². The van der Waals surface area contributed by atoms with E-state index in [1.807, 2.05) is 0 Å². The Morgan fingerprint density at radius 1 is 1.29 bits per heavy atom. The average molecular weight is 310 g/mol. The first kappa shape index (κ1) is 16.0. The van der Waals surface area contributed by atoms with E-state index in [0.717, 1.165) is 19.3 Å². The van der Waals surface area contributed by atoms with E-state index in [2.05, 4.69) is 13.8 Å². The van der Waals surface area contributed by atoms with Gasteiger partial charge < -0.3 is 4.90 Å². The molecule has 6 heteroatoms. The molecule has 1 fully saturated rings. The number of hydrogen-bond donors (Lipinski definition) is 1. The first-order chi connectivity index (χ1) is 9.83. The summed E-state index contributed by atoms with van der Waals surface area (Å²) in [6, 6.07) is 6.14. The van der Waals surface area contributed by atoms with Crippen LogP contribution in [0.3, 0.4) is 0 Å². The SMILES string of the molecule is CCC1(CC)CCN(C(=O)c2ccccc2S(N)(=O)=O)C1. The molecule has 1 amide bonds. The number of amides is 1. The quantitative estimate of drug-likeness (QED) is 0.923. The predicted octanol–water partition coefficient (Wildman–Crippen LogP) is 1.99. The Balaban J connectivity index is 2.31. The van der Waals surface area contributed by atoms with Crippen LogP contribution in [-0.4, -0.2) is 32.3 Å². The van der Waals surface area contributed by atoms with Gasteiger partial charge in [0.15, 0.2) is 0 Å². The molecule has 116 valence electrons. The monoisotopic (exact) mass is 310 g/mol. The van der Waals surface area contributed by atoms with Crippen LogP contribution in [0.1, 0.15) is 43.5 Å². The number of hydrogen-bond acceptors (Lipinski definition) is 3. The highest BCUT2D eigenvalue weighted by Crippen LogP contribution is 2.37. The van der Waals surface area contributed by atoms with E-state index in [-0.39, 0.29) is 21.8 Å². The molecule has 0 saturated carbocycles. The zero-order valence-corrected chi connectivity index (χ0v) is 13.3. The third-order valence-electron chi connectivity index (χ3n) is 4.65. The number of benzene rings is 1.